The highest BCUT2D eigenvalue weighted by atomic mass is 32.2. The molecule has 0 spiro atoms. The Balaban J connectivity index is 1.35. The molecule has 1 aliphatic heterocycles. The standard InChI is InChI=1S/C24H24FN3O3S/c25-21-8-10-22(11-9-21)26-32(30,31)23-12-6-20(7-13-23)24(29)28-16-14-27(15-17-28)18-19-4-2-1-3-5-19/h1-13,26H,14-18H2. The van der Waals surface area contributed by atoms with Gasteiger partial charge in [-0.1, -0.05) is 30.3 Å². The van der Waals surface area contributed by atoms with E-state index in [2.05, 4.69) is 21.8 Å². The van der Waals surface area contributed by atoms with Crippen LogP contribution in [0.1, 0.15) is 15.9 Å². The fourth-order valence-corrected chi connectivity index (χ4v) is 4.70. The van der Waals surface area contributed by atoms with Crippen molar-refractivity contribution >= 4 is 21.6 Å². The number of carbonyl (C=O) groups excluding carboxylic acids is 1. The summed E-state index contributed by atoms with van der Waals surface area (Å²) in [6.07, 6.45) is 0. The van der Waals surface area contributed by atoms with Gasteiger partial charge in [-0.3, -0.25) is 14.4 Å². The van der Waals surface area contributed by atoms with E-state index in [-0.39, 0.29) is 16.5 Å². The van der Waals surface area contributed by atoms with E-state index < -0.39 is 15.8 Å². The van der Waals surface area contributed by atoms with Gasteiger partial charge in [0.2, 0.25) is 0 Å². The van der Waals surface area contributed by atoms with Crippen LogP contribution >= 0.6 is 0 Å². The molecule has 1 fully saturated rings. The van der Waals surface area contributed by atoms with Crippen molar-refractivity contribution in [2.75, 3.05) is 30.9 Å². The highest BCUT2D eigenvalue weighted by molar-refractivity contribution is 7.92. The molecular weight excluding hydrogens is 429 g/mol. The summed E-state index contributed by atoms with van der Waals surface area (Å²) in [6.45, 7) is 3.68. The van der Waals surface area contributed by atoms with Crippen LogP contribution in [0.25, 0.3) is 0 Å². The van der Waals surface area contributed by atoms with Crippen molar-refractivity contribution in [2.24, 2.45) is 0 Å². The molecule has 1 N–H and O–H groups in total. The molecule has 1 saturated heterocycles. The van der Waals surface area contributed by atoms with Crippen molar-refractivity contribution in [1.29, 1.82) is 0 Å². The van der Waals surface area contributed by atoms with Gasteiger partial charge in [-0.25, -0.2) is 12.8 Å². The molecule has 0 radical (unpaired) electrons. The van der Waals surface area contributed by atoms with Gasteiger partial charge >= 0.3 is 0 Å². The lowest BCUT2D eigenvalue weighted by atomic mass is 10.1. The van der Waals surface area contributed by atoms with Crippen molar-refractivity contribution in [3.63, 3.8) is 0 Å². The van der Waals surface area contributed by atoms with Crippen LogP contribution in [0.2, 0.25) is 0 Å². The van der Waals surface area contributed by atoms with Crippen LogP contribution in [0.3, 0.4) is 0 Å². The van der Waals surface area contributed by atoms with Crippen LogP contribution in [0.4, 0.5) is 10.1 Å². The second-order valence-electron chi connectivity index (χ2n) is 7.69. The maximum atomic E-state index is 13.0. The molecule has 0 unspecified atom stereocenters. The Morgan fingerprint density at radius 3 is 2.09 bits per heavy atom. The summed E-state index contributed by atoms with van der Waals surface area (Å²) in [5.74, 6) is -0.559. The highest BCUT2D eigenvalue weighted by Gasteiger charge is 2.23. The van der Waals surface area contributed by atoms with E-state index in [1.54, 1.807) is 4.90 Å². The molecule has 0 aliphatic carbocycles. The van der Waals surface area contributed by atoms with E-state index in [4.69, 9.17) is 0 Å². The Kier molecular flexibility index (Phi) is 6.53. The third-order valence-corrected chi connectivity index (χ3v) is 6.81. The molecule has 32 heavy (non-hydrogen) atoms. The van der Waals surface area contributed by atoms with Crippen molar-refractivity contribution in [3.05, 3.63) is 95.8 Å². The lowest BCUT2D eigenvalue weighted by molar-refractivity contribution is 0.0628. The molecule has 4 rings (SSSR count). The van der Waals surface area contributed by atoms with Crippen molar-refractivity contribution < 1.29 is 17.6 Å². The topological polar surface area (TPSA) is 69.7 Å². The minimum absolute atomic E-state index is 0.0334. The van der Waals surface area contributed by atoms with Gasteiger partial charge < -0.3 is 4.90 Å². The Labute approximate surface area is 187 Å². The average molecular weight is 454 g/mol. The minimum atomic E-state index is -3.83. The molecule has 166 valence electrons. The van der Waals surface area contributed by atoms with E-state index in [9.17, 15) is 17.6 Å². The molecule has 6 nitrogen and oxygen atoms in total. The lowest BCUT2D eigenvalue weighted by Crippen LogP contribution is -2.48. The predicted octanol–water partition coefficient (Wildman–Crippen LogP) is 3.58. The zero-order chi connectivity index (χ0) is 22.6. The summed E-state index contributed by atoms with van der Waals surface area (Å²) >= 11 is 0. The van der Waals surface area contributed by atoms with E-state index in [1.165, 1.54) is 54.1 Å². The second-order valence-corrected chi connectivity index (χ2v) is 9.37. The molecule has 0 atom stereocenters. The van der Waals surface area contributed by atoms with Gasteiger partial charge in [0.25, 0.3) is 15.9 Å². The molecule has 1 heterocycles. The number of amides is 1. The third-order valence-electron chi connectivity index (χ3n) is 5.42. The first-order valence-corrected chi connectivity index (χ1v) is 11.8. The molecular formula is C24H24FN3O3S. The van der Waals surface area contributed by atoms with Gasteiger partial charge in [0.15, 0.2) is 0 Å². The number of carbonyl (C=O) groups is 1. The summed E-state index contributed by atoms with van der Waals surface area (Å²) in [5.41, 5.74) is 1.96. The minimum Gasteiger partial charge on any atom is -0.336 e. The highest BCUT2D eigenvalue weighted by Crippen LogP contribution is 2.18. The van der Waals surface area contributed by atoms with E-state index in [0.29, 0.717) is 18.7 Å². The number of anilines is 1. The van der Waals surface area contributed by atoms with Crippen LogP contribution < -0.4 is 4.72 Å². The molecule has 8 heteroatoms. The fourth-order valence-electron chi connectivity index (χ4n) is 3.64. The van der Waals surface area contributed by atoms with Gasteiger partial charge in [-0.05, 0) is 54.1 Å². The Hall–Kier alpha value is -3.23. The number of rotatable bonds is 6. The fraction of sp³-hybridized carbons (Fsp3) is 0.208. The quantitative estimate of drug-likeness (QED) is 0.619. The van der Waals surface area contributed by atoms with Gasteiger partial charge in [0.1, 0.15) is 5.82 Å². The normalized spacial score (nSPS) is 14.8. The van der Waals surface area contributed by atoms with Crippen molar-refractivity contribution in [3.8, 4) is 0 Å². The molecule has 3 aromatic carbocycles. The van der Waals surface area contributed by atoms with Gasteiger partial charge in [0, 0.05) is 44.0 Å². The van der Waals surface area contributed by atoms with E-state index in [0.717, 1.165) is 19.6 Å². The van der Waals surface area contributed by atoms with Crippen LogP contribution in [0.15, 0.2) is 83.8 Å². The van der Waals surface area contributed by atoms with Gasteiger partial charge in [0.05, 0.1) is 4.90 Å². The molecule has 1 aliphatic rings. The second kappa shape index (κ2) is 9.50. The Morgan fingerprint density at radius 1 is 0.844 bits per heavy atom. The largest absolute Gasteiger partial charge is 0.336 e. The summed E-state index contributed by atoms with van der Waals surface area (Å²) < 4.78 is 40.5. The number of sulfonamides is 1. The number of halogens is 1. The smallest absolute Gasteiger partial charge is 0.261 e. The Bertz CT molecular complexity index is 1160. The Morgan fingerprint density at radius 2 is 1.47 bits per heavy atom. The van der Waals surface area contributed by atoms with Gasteiger partial charge in [-0.2, -0.15) is 0 Å². The van der Waals surface area contributed by atoms with E-state index >= 15 is 0 Å². The molecule has 0 aromatic heterocycles. The maximum absolute atomic E-state index is 13.0. The zero-order valence-electron chi connectivity index (χ0n) is 17.4. The van der Waals surface area contributed by atoms with Crippen LogP contribution in [-0.2, 0) is 16.6 Å². The third kappa shape index (κ3) is 5.33. The molecule has 3 aromatic rings. The average Bonchev–Trinajstić information content (AvgIpc) is 2.81. The SMILES string of the molecule is O=C(c1ccc(S(=O)(=O)Nc2ccc(F)cc2)cc1)N1CCN(Cc2ccccc2)CC1. The van der Waals surface area contributed by atoms with Crippen LogP contribution in [-0.4, -0.2) is 50.3 Å². The predicted molar refractivity (Wildman–Crippen MR) is 121 cm³/mol. The molecule has 0 saturated carbocycles. The summed E-state index contributed by atoms with van der Waals surface area (Å²) in [5, 5.41) is 0. The number of nitrogens with zero attached hydrogens (tertiary/aromatic N) is 2. The lowest BCUT2D eigenvalue weighted by Gasteiger charge is -2.34. The first-order valence-electron chi connectivity index (χ1n) is 10.3. The maximum Gasteiger partial charge on any atom is 0.261 e. The number of piperazine rings is 1. The van der Waals surface area contributed by atoms with Gasteiger partial charge in [-0.15, -0.1) is 0 Å². The van der Waals surface area contributed by atoms with Crippen molar-refractivity contribution in [1.82, 2.24) is 9.80 Å². The van der Waals surface area contributed by atoms with Crippen molar-refractivity contribution in [2.45, 2.75) is 11.4 Å². The first-order chi connectivity index (χ1) is 15.4. The first kappa shape index (κ1) is 22.0. The van der Waals surface area contributed by atoms with Crippen LogP contribution in [0.5, 0.6) is 0 Å². The summed E-state index contributed by atoms with van der Waals surface area (Å²) in [7, 11) is -3.83. The zero-order valence-corrected chi connectivity index (χ0v) is 18.3. The number of hydrogen-bond donors (Lipinski definition) is 1. The monoisotopic (exact) mass is 453 g/mol. The molecule has 1 amide bonds. The molecule has 0 bridgehead atoms. The van der Waals surface area contributed by atoms with Crippen LogP contribution in [0, 0.1) is 5.82 Å². The summed E-state index contributed by atoms with van der Waals surface area (Å²) in [6, 6.07) is 21.2. The van der Waals surface area contributed by atoms with E-state index in [1.807, 2.05) is 18.2 Å². The summed E-state index contributed by atoms with van der Waals surface area (Å²) in [4.78, 5) is 17.0. The number of hydrogen-bond acceptors (Lipinski definition) is 4. The number of nitrogens with one attached hydrogen (secondary N) is 1. The number of benzene rings is 3.